The smallest absolute Gasteiger partial charge is 0.265 e. The van der Waals surface area contributed by atoms with Crippen LogP contribution in [0.3, 0.4) is 0 Å². The Morgan fingerprint density at radius 3 is 2.38 bits per heavy atom. The minimum absolute atomic E-state index is 0.112. The predicted octanol–water partition coefficient (Wildman–Crippen LogP) is 4.87. The number of amides is 1. The number of hydrogen-bond acceptors (Lipinski definition) is 4. The van der Waals surface area contributed by atoms with Crippen molar-refractivity contribution in [2.24, 2.45) is 0 Å². The lowest BCUT2D eigenvalue weighted by molar-refractivity contribution is -0.122. The van der Waals surface area contributed by atoms with Gasteiger partial charge in [0.15, 0.2) is 11.5 Å². The first-order valence-electron chi connectivity index (χ1n) is 9.25. The van der Waals surface area contributed by atoms with E-state index >= 15 is 0 Å². The van der Waals surface area contributed by atoms with Crippen molar-refractivity contribution < 1.29 is 13.9 Å². The van der Waals surface area contributed by atoms with E-state index in [1.165, 1.54) is 6.26 Å². The molecule has 1 aromatic heterocycles. The Labute approximate surface area is 167 Å². The Hall–Kier alpha value is -3.86. The second kappa shape index (κ2) is 8.02. The zero-order chi connectivity index (χ0) is 20.2. The third-order valence-electron chi connectivity index (χ3n) is 4.55. The predicted molar refractivity (Wildman–Crippen MR) is 113 cm³/mol. The molecule has 1 atom stereocenters. The molecule has 1 amide bonds. The maximum Gasteiger partial charge on any atom is 0.265 e. The quantitative estimate of drug-likeness (QED) is 0.532. The number of carbonyl (C=O) groups excluding carboxylic acids is 1. The van der Waals surface area contributed by atoms with Gasteiger partial charge in [-0.15, -0.1) is 0 Å². The van der Waals surface area contributed by atoms with Crippen molar-refractivity contribution in [3.63, 3.8) is 0 Å². The fourth-order valence-corrected chi connectivity index (χ4v) is 3.02. The first kappa shape index (κ1) is 18.5. The van der Waals surface area contributed by atoms with E-state index in [9.17, 15) is 9.59 Å². The van der Waals surface area contributed by atoms with Crippen LogP contribution in [-0.2, 0) is 4.79 Å². The molecule has 5 heteroatoms. The van der Waals surface area contributed by atoms with Crippen LogP contribution in [0.25, 0.3) is 22.1 Å². The van der Waals surface area contributed by atoms with Crippen molar-refractivity contribution in [2.75, 3.05) is 5.32 Å². The van der Waals surface area contributed by atoms with Crippen LogP contribution in [0.2, 0.25) is 0 Å². The summed E-state index contributed by atoms with van der Waals surface area (Å²) in [5, 5.41) is 3.25. The third kappa shape index (κ3) is 4.04. The summed E-state index contributed by atoms with van der Waals surface area (Å²) in [5.74, 6) is 0.181. The Kier molecular flexibility index (Phi) is 5.12. The molecule has 1 heterocycles. The van der Waals surface area contributed by atoms with Crippen LogP contribution in [0.4, 0.5) is 5.69 Å². The molecule has 0 saturated carbocycles. The molecule has 5 nitrogen and oxygen atoms in total. The van der Waals surface area contributed by atoms with E-state index in [1.807, 2.05) is 48.5 Å². The molecule has 0 radical (unpaired) electrons. The highest BCUT2D eigenvalue weighted by molar-refractivity contribution is 5.94. The zero-order valence-corrected chi connectivity index (χ0v) is 15.8. The molecule has 0 aliphatic heterocycles. The lowest BCUT2D eigenvalue weighted by Crippen LogP contribution is -2.30. The van der Waals surface area contributed by atoms with E-state index in [4.69, 9.17) is 9.15 Å². The zero-order valence-electron chi connectivity index (χ0n) is 15.8. The highest BCUT2D eigenvalue weighted by Crippen LogP contribution is 2.23. The van der Waals surface area contributed by atoms with Gasteiger partial charge in [0.25, 0.3) is 5.91 Å². The molecule has 0 bridgehead atoms. The topological polar surface area (TPSA) is 68.5 Å². The minimum atomic E-state index is -0.719. The maximum absolute atomic E-state index is 12.8. The maximum atomic E-state index is 12.8. The molecule has 1 N–H and O–H groups in total. The van der Waals surface area contributed by atoms with Crippen molar-refractivity contribution in [2.45, 2.75) is 13.0 Å². The van der Waals surface area contributed by atoms with Gasteiger partial charge in [-0.2, -0.15) is 0 Å². The van der Waals surface area contributed by atoms with E-state index in [2.05, 4.69) is 5.32 Å². The van der Waals surface area contributed by atoms with E-state index < -0.39 is 6.10 Å². The van der Waals surface area contributed by atoms with Gasteiger partial charge in [-0.05, 0) is 36.8 Å². The first-order valence-corrected chi connectivity index (χ1v) is 9.25. The monoisotopic (exact) mass is 385 g/mol. The van der Waals surface area contributed by atoms with E-state index in [-0.39, 0.29) is 11.3 Å². The van der Waals surface area contributed by atoms with Crippen LogP contribution in [0.1, 0.15) is 6.92 Å². The second-order valence-corrected chi connectivity index (χ2v) is 6.62. The van der Waals surface area contributed by atoms with Gasteiger partial charge in [-0.1, -0.05) is 48.5 Å². The lowest BCUT2D eigenvalue weighted by Gasteiger charge is -2.15. The summed E-state index contributed by atoms with van der Waals surface area (Å²) in [6, 6.07) is 23.5. The standard InChI is InChI=1S/C24H19NO4/c1-16(24(27)25-18-10-6-3-7-11-18)29-19-12-13-20-22(14-19)28-15-21(23(20)26)17-8-4-2-5-9-17/h2-16H,1H3,(H,25,27)/t16-/m0/s1. The van der Waals surface area contributed by atoms with Crippen molar-refractivity contribution in [3.8, 4) is 16.9 Å². The Morgan fingerprint density at radius 2 is 1.66 bits per heavy atom. The summed E-state index contributed by atoms with van der Waals surface area (Å²) < 4.78 is 11.4. The Bertz CT molecular complexity index is 1200. The van der Waals surface area contributed by atoms with E-state index in [0.29, 0.717) is 28.0 Å². The van der Waals surface area contributed by atoms with Crippen LogP contribution in [-0.4, -0.2) is 12.0 Å². The average Bonchev–Trinajstić information content (AvgIpc) is 2.75. The number of nitrogens with one attached hydrogen (secondary N) is 1. The summed E-state index contributed by atoms with van der Waals surface area (Å²) in [7, 11) is 0. The number of carbonyl (C=O) groups is 1. The molecule has 144 valence electrons. The summed E-state index contributed by atoms with van der Waals surface area (Å²) in [5.41, 5.74) is 2.30. The van der Waals surface area contributed by atoms with Gasteiger partial charge in [0.05, 0.1) is 10.9 Å². The fourth-order valence-electron chi connectivity index (χ4n) is 3.02. The number of ether oxygens (including phenoxy) is 1. The summed E-state index contributed by atoms with van der Waals surface area (Å²) in [6.45, 7) is 1.66. The largest absolute Gasteiger partial charge is 0.481 e. The van der Waals surface area contributed by atoms with Crippen LogP contribution in [0.15, 0.2) is 94.3 Å². The molecule has 29 heavy (non-hydrogen) atoms. The van der Waals surface area contributed by atoms with Crippen molar-refractivity contribution >= 4 is 22.6 Å². The molecule has 3 aromatic carbocycles. The Morgan fingerprint density at radius 1 is 0.966 bits per heavy atom. The third-order valence-corrected chi connectivity index (χ3v) is 4.55. The van der Waals surface area contributed by atoms with Gasteiger partial charge in [-0.25, -0.2) is 0 Å². The first-order chi connectivity index (χ1) is 14.1. The van der Waals surface area contributed by atoms with Crippen LogP contribution in [0, 0.1) is 0 Å². The SMILES string of the molecule is C[C@H](Oc1ccc2c(=O)c(-c3ccccc3)coc2c1)C(=O)Nc1ccccc1. The highest BCUT2D eigenvalue weighted by atomic mass is 16.5. The normalized spacial score (nSPS) is 11.8. The van der Waals surface area contributed by atoms with Crippen LogP contribution < -0.4 is 15.5 Å². The molecule has 0 aliphatic carbocycles. The summed E-state index contributed by atoms with van der Waals surface area (Å²) in [4.78, 5) is 25.1. The molecule has 0 fully saturated rings. The number of rotatable bonds is 5. The summed E-state index contributed by atoms with van der Waals surface area (Å²) >= 11 is 0. The van der Waals surface area contributed by atoms with Crippen molar-refractivity contribution in [1.29, 1.82) is 0 Å². The molecule has 0 unspecified atom stereocenters. The Balaban J connectivity index is 1.55. The number of hydrogen-bond donors (Lipinski definition) is 1. The van der Waals surface area contributed by atoms with Crippen LogP contribution in [0.5, 0.6) is 5.75 Å². The van der Waals surface area contributed by atoms with Crippen LogP contribution >= 0.6 is 0 Å². The second-order valence-electron chi connectivity index (χ2n) is 6.62. The van der Waals surface area contributed by atoms with Gasteiger partial charge >= 0.3 is 0 Å². The fraction of sp³-hybridized carbons (Fsp3) is 0.0833. The summed E-state index contributed by atoms with van der Waals surface area (Å²) in [6.07, 6.45) is 0.734. The van der Waals surface area contributed by atoms with E-state index in [1.54, 1.807) is 37.3 Å². The lowest BCUT2D eigenvalue weighted by atomic mass is 10.1. The van der Waals surface area contributed by atoms with E-state index in [0.717, 1.165) is 5.56 Å². The van der Waals surface area contributed by atoms with Crippen molar-refractivity contribution in [1.82, 2.24) is 0 Å². The number of para-hydroxylation sites is 1. The molecule has 4 rings (SSSR count). The minimum Gasteiger partial charge on any atom is -0.481 e. The number of anilines is 1. The van der Waals surface area contributed by atoms with Gasteiger partial charge < -0.3 is 14.5 Å². The molecule has 4 aromatic rings. The van der Waals surface area contributed by atoms with Gasteiger partial charge in [0, 0.05) is 11.8 Å². The molecular weight excluding hydrogens is 366 g/mol. The molecule has 0 aliphatic rings. The molecule has 0 saturated heterocycles. The van der Waals surface area contributed by atoms with Gasteiger partial charge in [0.1, 0.15) is 17.6 Å². The molecule has 0 spiro atoms. The highest BCUT2D eigenvalue weighted by Gasteiger charge is 2.16. The number of benzene rings is 3. The number of fused-ring (bicyclic) bond motifs is 1. The average molecular weight is 385 g/mol. The van der Waals surface area contributed by atoms with Gasteiger partial charge in [0.2, 0.25) is 0 Å². The van der Waals surface area contributed by atoms with Crippen molar-refractivity contribution in [3.05, 3.63) is 95.3 Å². The molecular formula is C24H19NO4. The van der Waals surface area contributed by atoms with Gasteiger partial charge in [-0.3, -0.25) is 9.59 Å².